The maximum atomic E-state index is 14.4. The van der Waals surface area contributed by atoms with E-state index in [1.54, 1.807) is 53.6 Å². The molecule has 9 nitrogen and oxygen atoms in total. The van der Waals surface area contributed by atoms with Gasteiger partial charge >= 0.3 is 5.97 Å². The highest BCUT2D eigenvalue weighted by Crippen LogP contribution is 2.62. The van der Waals surface area contributed by atoms with Gasteiger partial charge in [-0.05, 0) is 53.9 Å². The van der Waals surface area contributed by atoms with Crippen molar-refractivity contribution in [2.45, 2.75) is 30.5 Å². The maximum absolute atomic E-state index is 14.4. The SMILES string of the molecule is COC(=O)[C@]12CN(S(=O)(=O)c3ccc(C)cc3)c3ccccc3[C@H]1N(Cc1ccccc1)O[C@H]2c1ccc2c(c1)OCO2. The summed E-state index contributed by atoms with van der Waals surface area (Å²) in [6.45, 7) is 2.13. The van der Waals surface area contributed by atoms with E-state index < -0.39 is 33.6 Å². The van der Waals surface area contributed by atoms with Crippen molar-refractivity contribution in [3.05, 3.63) is 119 Å². The minimum atomic E-state index is -4.10. The molecule has 3 atom stereocenters. The number of methoxy groups -OCH3 is 1. The zero-order valence-electron chi connectivity index (χ0n) is 23.7. The molecule has 43 heavy (non-hydrogen) atoms. The zero-order valence-corrected chi connectivity index (χ0v) is 24.5. The first kappa shape index (κ1) is 27.5. The predicted molar refractivity (Wildman–Crippen MR) is 158 cm³/mol. The van der Waals surface area contributed by atoms with Crippen LogP contribution in [0.4, 0.5) is 5.69 Å². The molecule has 0 aliphatic carbocycles. The zero-order chi connectivity index (χ0) is 29.8. The minimum absolute atomic E-state index is 0.0885. The third-order valence-electron chi connectivity index (χ3n) is 8.44. The second-order valence-electron chi connectivity index (χ2n) is 11.0. The molecule has 0 spiro atoms. The number of esters is 1. The Hall–Kier alpha value is -4.38. The second kappa shape index (κ2) is 10.4. The molecule has 0 radical (unpaired) electrons. The average molecular weight is 599 g/mol. The number of carbonyl (C=O) groups excluding carboxylic acids is 1. The van der Waals surface area contributed by atoms with Crippen LogP contribution in [0.15, 0.2) is 102 Å². The molecule has 0 N–H and O–H groups in total. The summed E-state index contributed by atoms with van der Waals surface area (Å²) in [5.74, 6) is 0.540. The summed E-state index contributed by atoms with van der Waals surface area (Å²) in [5, 5.41) is 1.79. The molecule has 0 aromatic heterocycles. The first-order chi connectivity index (χ1) is 20.8. The summed E-state index contributed by atoms with van der Waals surface area (Å²) in [6.07, 6.45) is -0.910. The number of fused-ring (bicyclic) bond motifs is 4. The Morgan fingerprint density at radius 3 is 2.42 bits per heavy atom. The number of nitrogens with zero attached hydrogens (tertiary/aromatic N) is 2. The Bertz CT molecular complexity index is 1800. The Labute approximate surface area is 250 Å². The summed E-state index contributed by atoms with van der Waals surface area (Å²) >= 11 is 0. The number of rotatable bonds is 6. The largest absolute Gasteiger partial charge is 0.468 e. The van der Waals surface area contributed by atoms with E-state index in [0.29, 0.717) is 34.9 Å². The lowest BCUT2D eigenvalue weighted by atomic mass is 9.69. The monoisotopic (exact) mass is 598 g/mol. The van der Waals surface area contributed by atoms with Crippen LogP contribution in [0.5, 0.6) is 11.5 Å². The minimum Gasteiger partial charge on any atom is -0.468 e. The van der Waals surface area contributed by atoms with Crippen LogP contribution in [0, 0.1) is 12.3 Å². The third-order valence-corrected chi connectivity index (χ3v) is 10.2. The first-order valence-electron chi connectivity index (χ1n) is 14.0. The number of benzene rings is 4. The van der Waals surface area contributed by atoms with Crippen LogP contribution in [-0.2, 0) is 30.9 Å². The van der Waals surface area contributed by atoms with Crippen LogP contribution in [0.2, 0.25) is 0 Å². The summed E-state index contributed by atoms with van der Waals surface area (Å²) in [4.78, 5) is 21.1. The normalized spacial score (nSPS) is 22.6. The van der Waals surface area contributed by atoms with Crippen LogP contribution in [0.25, 0.3) is 0 Å². The van der Waals surface area contributed by atoms with E-state index in [-0.39, 0.29) is 18.2 Å². The highest BCUT2D eigenvalue weighted by molar-refractivity contribution is 7.92. The molecule has 1 saturated heterocycles. The number of hydrogen-bond donors (Lipinski definition) is 0. The molecule has 0 saturated carbocycles. The molecular formula is C33H30N2O7S. The second-order valence-corrected chi connectivity index (χ2v) is 12.8. The molecule has 3 heterocycles. The van der Waals surface area contributed by atoms with Crippen molar-refractivity contribution in [1.29, 1.82) is 0 Å². The molecule has 1 fully saturated rings. The fourth-order valence-corrected chi connectivity index (χ4v) is 7.96. The van der Waals surface area contributed by atoms with Gasteiger partial charge in [-0.3, -0.25) is 13.9 Å². The summed E-state index contributed by atoms with van der Waals surface area (Å²) < 4.78 is 46.7. The van der Waals surface area contributed by atoms with Gasteiger partial charge in [0.2, 0.25) is 6.79 Å². The third kappa shape index (κ3) is 4.36. The van der Waals surface area contributed by atoms with Gasteiger partial charge in [0, 0.05) is 6.54 Å². The summed E-state index contributed by atoms with van der Waals surface area (Å²) in [6, 6.07) is 28.5. The number of hydroxylamine groups is 2. The van der Waals surface area contributed by atoms with E-state index in [1.807, 2.05) is 55.5 Å². The maximum Gasteiger partial charge on any atom is 0.318 e. The molecule has 10 heteroatoms. The summed E-state index contributed by atoms with van der Waals surface area (Å²) in [5.41, 5.74) is 2.20. The van der Waals surface area contributed by atoms with Crippen LogP contribution >= 0.6 is 0 Å². The molecule has 3 aliphatic rings. The van der Waals surface area contributed by atoms with Gasteiger partial charge in [-0.25, -0.2) is 8.42 Å². The van der Waals surface area contributed by atoms with Crippen LogP contribution < -0.4 is 13.8 Å². The van der Waals surface area contributed by atoms with E-state index in [2.05, 4.69) is 0 Å². The molecular weight excluding hydrogens is 568 g/mol. The lowest BCUT2D eigenvalue weighted by molar-refractivity contribution is -0.175. The number of sulfonamides is 1. The number of carbonyl (C=O) groups is 1. The molecule has 4 aromatic carbocycles. The van der Waals surface area contributed by atoms with Crippen molar-refractivity contribution < 1.29 is 32.3 Å². The Kier molecular flexibility index (Phi) is 6.65. The van der Waals surface area contributed by atoms with Crippen molar-refractivity contribution >= 4 is 21.7 Å². The molecule has 220 valence electrons. The van der Waals surface area contributed by atoms with Gasteiger partial charge < -0.3 is 14.2 Å². The topological polar surface area (TPSA) is 94.6 Å². The van der Waals surface area contributed by atoms with Gasteiger partial charge in [-0.15, -0.1) is 0 Å². The van der Waals surface area contributed by atoms with Crippen molar-refractivity contribution in [2.75, 3.05) is 24.8 Å². The number of ether oxygens (including phenoxy) is 3. The van der Waals surface area contributed by atoms with Gasteiger partial charge in [0.15, 0.2) is 11.5 Å². The standard InChI is InChI=1S/C33H30N2O7S/c1-22-12-15-25(16-13-22)43(37,38)35-20-33(32(36)39-2)30(26-10-6-7-11-27(26)35)34(19-23-8-4-3-5-9-23)42-31(33)24-14-17-28-29(18-24)41-21-40-28/h3-18,30-31H,19-21H2,1-2H3/t30-,31+,33-/m1/s1. The van der Waals surface area contributed by atoms with Crippen LogP contribution in [0.3, 0.4) is 0 Å². The lowest BCUT2D eigenvalue weighted by Crippen LogP contribution is -2.54. The van der Waals surface area contributed by atoms with Gasteiger partial charge in [0.05, 0.1) is 30.3 Å². The molecule has 0 unspecified atom stereocenters. The average Bonchev–Trinajstić information content (AvgIpc) is 3.63. The summed E-state index contributed by atoms with van der Waals surface area (Å²) in [7, 11) is -2.77. The van der Waals surface area contributed by atoms with E-state index in [9.17, 15) is 13.2 Å². The fourth-order valence-electron chi connectivity index (χ4n) is 6.41. The molecule has 3 aliphatic heterocycles. The van der Waals surface area contributed by atoms with E-state index >= 15 is 0 Å². The molecule has 7 rings (SSSR count). The highest BCUT2D eigenvalue weighted by atomic mass is 32.2. The molecule has 0 amide bonds. The highest BCUT2D eigenvalue weighted by Gasteiger charge is 2.66. The number of anilines is 1. The van der Waals surface area contributed by atoms with Gasteiger partial charge in [-0.2, -0.15) is 5.06 Å². The lowest BCUT2D eigenvalue weighted by Gasteiger charge is -2.45. The first-order valence-corrected chi connectivity index (χ1v) is 15.4. The van der Waals surface area contributed by atoms with Crippen molar-refractivity contribution in [1.82, 2.24) is 5.06 Å². The van der Waals surface area contributed by atoms with Gasteiger partial charge in [0.1, 0.15) is 11.5 Å². The Balaban J connectivity index is 1.45. The van der Waals surface area contributed by atoms with Crippen molar-refractivity contribution in [3.63, 3.8) is 0 Å². The molecule has 4 aromatic rings. The number of aryl methyl sites for hydroxylation is 1. The smallest absolute Gasteiger partial charge is 0.318 e. The van der Waals surface area contributed by atoms with Gasteiger partial charge in [-0.1, -0.05) is 72.3 Å². The van der Waals surface area contributed by atoms with Crippen molar-refractivity contribution in [3.8, 4) is 11.5 Å². The van der Waals surface area contributed by atoms with Gasteiger partial charge in [0.25, 0.3) is 10.0 Å². The quantitative estimate of drug-likeness (QED) is 0.275. The Morgan fingerprint density at radius 2 is 1.65 bits per heavy atom. The number of hydrogen-bond acceptors (Lipinski definition) is 8. The fraction of sp³-hybridized carbons (Fsp3) is 0.242. The Morgan fingerprint density at radius 1 is 0.930 bits per heavy atom. The van der Waals surface area contributed by atoms with Crippen molar-refractivity contribution in [2.24, 2.45) is 5.41 Å². The molecule has 0 bridgehead atoms. The van der Waals surface area contributed by atoms with Crippen LogP contribution in [0.1, 0.15) is 34.4 Å². The van der Waals surface area contributed by atoms with E-state index in [1.165, 1.54) is 11.4 Å². The van der Waals surface area contributed by atoms with E-state index in [4.69, 9.17) is 19.0 Å². The predicted octanol–water partition coefficient (Wildman–Crippen LogP) is 5.32. The van der Waals surface area contributed by atoms with E-state index in [0.717, 1.165) is 11.1 Å². The number of para-hydroxylation sites is 1. The van der Waals surface area contributed by atoms with Crippen LogP contribution in [-0.4, -0.2) is 39.9 Å².